The van der Waals surface area contributed by atoms with E-state index in [0.29, 0.717) is 24.0 Å². The van der Waals surface area contributed by atoms with Crippen molar-refractivity contribution in [3.8, 4) is 0 Å². The zero-order valence-electron chi connectivity index (χ0n) is 24.3. The molecule has 1 aliphatic carbocycles. The van der Waals surface area contributed by atoms with Crippen molar-refractivity contribution >= 4 is 0 Å². The van der Waals surface area contributed by atoms with Gasteiger partial charge in [0.1, 0.15) is 0 Å². The van der Waals surface area contributed by atoms with E-state index < -0.39 is 23.0 Å². The minimum atomic E-state index is -4.30. The minimum absolute atomic E-state index is 0.0549. The second-order valence-corrected chi connectivity index (χ2v) is 7.58. The molecule has 0 aliphatic heterocycles. The Hall–Kier alpha value is -1.58. The Morgan fingerprint density at radius 2 is 1.15 bits per heavy atom. The topological polar surface area (TPSA) is 0 Å². The maximum absolute atomic E-state index is 14.4. The van der Waals surface area contributed by atoms with Crippen LogP contribution in [0.15, 0.2) is 58.7 Å². The fourth-order valence-electron chi connectivity index (χ4n) is 2.16. The largest absolute Gasteiger partial charge is 0.340 e. The fourth-order valence-corrected chi connectivity index (χ4v) is 2.16. The van der Waals surface area contributed by atoms with Crippen molar-refractivity contribution < 1.29 is 17.6 Å². The molecule has 34 heavy (non-hydrogen) atoms. The van der Waals surface area contributed by atoms with E-state index in [9.17, 15) is 17.6 Å². The average molecular weight is 491 g/mol. The second-order valence-electron chi connectivity index (χ2n) is 7.58. The first-order valence-corrected chi connectivity index (χ1v) is 13.1. The molecular weight excluding hydrogens is 436 g/mol. The predicted molar refractivity (Wildman–Crippen MR) is 147 cm³/mol. The van der Waals surface area contributed by atoms with Gasteiger partial charge in [0.2, 0.25) is 0 Å². The highest BCUT2D eigenvalue weighted by atomic mass is 19.3. The molecule has 0 saturated heterocycles. The van der Waals surface area contributed by atoms with Crippen molar-refractivity contribution in [3.05, 3.63) is 58.7 Å². The molecule has 0 aromatic rings. The van der Waals surface area contributed by atoms with Crippen molar-refractivity contribution in [2.24, 2.45) is 0 Å². The van der Waals surface area contributed by atoms with E-state index in [0.717, 1.165) is 12.2 Å². The molecule has 0 atom stereocenters. The van der Waals surface area contributed by atoms with Crippen LogP contribution in [-0.4, -0.2) is 11.8 Å². The van der Waals surface area contributed by atoms with Gasteiger partial charge in [-0.15, -0.1) is 0 Å². The maximum Gasteiger partial charge on any atom is 0.340 e. The molecule has 0 heterocycles. The molecule has 0 amide bonds. The zero-order valence-corrected chi connectivity index (χ0v) is 24.3. The van der Waals surface area contributed by atoms with Crippen LogP contribution in [0.1, 0.15) is 122 Å². The van der Waals surface area contributed by atoms with Crippen LogP contribution in [-0.2, 0) is 0 Å². The van der Waals surface area contributed by atoms with Gasteiger partial charge >= 0.3 is 11.8 Å². The molecule has 202 valence electrons. The lowest BCUT2D eigenvalue weighted by Crippen LogP contribution is -2.47. The van der Waals surface area contributed by atoms with E-state index in [1.165, 1.54) is 32.6 Å². The molecule has 0 nitrogen and oxygen atoms in total. The van der Waals surface area contributed by atoms with Crippen LogP contribution in [0, 0.1) is 0 Å². The summed E-state index contributed by atoms with van der Waals surface area (Å²) in [7, 11) is 0. The quantitative estimate of drug-likeness (QED) is 0.325. The van der Waals surface area contributed by atoms with Gasteiger partial charge in [0.05, 0.1) is 0 Å². The van der Waals surface area contributed by atoms with Crippen LogP contribution in [0.5, 0.6) is 0 Å². The van der Waals surface area contributed by atoms with Crippen LogP contribution in [0.2, 0.25) is 0 Å². The highest BCUT2D eigenvalue weighted by molar-refractivity contribution is 5.61. The van der Waals surface area contributed by atoms with Gasteiger partial charge in [0.25, 0.3) is 0 Å². The van der Waals surface area contributed by atoms with Crippen LogP contribution in [0.3, 0.4) is 0 Å². The number of hydrogen-bond acceptors (Lipinski definition) is 0. The minimum Gasteiger partial charge on any atom is -0.194 e. The van der Waals surface area contributed by atoms with Crippen molar-refractivity contribution in [2.75, 3.05) is 0 Å². The van der Waals surface area contributed by atoms with E-state index in [4.69, 9.17) is 0 Å². The van der Waals surface area contributed by atoms with E-state index in [2.05, 4.69) is 40.9 Å². The van der Waals surface area contributed by atoms with Gasteiger partial charge in [-0.2, -0.15) is 17.6 Å². The summed E-state index contributed by atoms with van der Waals surface area (Å²) >= 11 is 0. The number of hydrogen-bond donors (Lipinski definition) is 0. The average Bonchev–Trinajstić information content (AvgIpc) is 2.86. The van der Waals surface area contributed by atoms with E-state index in [-0.39, 0.29) is 11.1 Å². The van der Waals surface area contributed by atoms with Gasteiger partial charge in [0, 0.05) is 11.1 Å². The number of alkyl halides is 4. The highest BCUT2D eigenvalue weighted by Gasteiger charge is 2.63. The number of allylic oxidation sites excluding steroid dienone is 8. The molecule has 0 fully saturated rings. The van der Waals surface area contributed by atoms with Crippen molar-refractivity contribution in [1.29, 1.82) is 0 Å². The summed E-state index contributed by atoms with van der Waals surface area (Å²) in [5.41, 5.74) is -0.375. The van der Waals surface area contributed by atoms with Crippen LogP contribution in [0.4, 0.5) is 17.6 Å². The van der Waals surface area contributed by atoms with E-state index in [1.807, 2.05) is 27.7 Å². The monoisotopic (exact) mass is 490 g/mol. The van der Waals surface area contributed by atoms with E-state index in [1.54, 1.807) is 20.8 Å². The third-order valence-electron chi connectivity index (χ3n) is 5.00. The first-order valence-electron chi connectivity index (χ1n) is 13.1. The van der Waals surface area contributed by atoms with Gasteiger partial charge in [-0.1, -0.05) is 125 Å². The molecule has 0 spiro atoms. The third-order valence-corrected chi connectivity index (χ3v) is 5.00. The van der Waals surface area contributed by atoms with Crippen molar-refractivity contribution in [1.82, 2.24) is 0 Å². The lowest BCUT2D eigenvalue weighted by atomic mass is 9.78. The summed E-state index contributed by atoms with van der Waals surface area (Å²) in [6, 6.07) is 0. The first kappa shape index (κ1) is 39.6. The molecule has 0 saturated carbocycles. The standard InChI is InChI=1S/C18H22F4.2C4H10.2C2H6/c1-7-11(3)9-15-13(5)14(6)16(10-12(4)8-2)18(21,22)17(15,19)20;2*1-3-4-2;2*1-2/h9-10H,3,5,7-8H2,1-2,4,6H3;2*3-4H2,1-2H3;2*1-2H3/b12-10+,15-9+;;;;. The molecule has 0 radical (unpaired) electrons. The predicted octanol–water partition coefficient (Wildman–Crippen LogP) is 12.1. The third kappa shape index (κ3) is 12.8. The smallest absolute Gasteiger partial charge is 0.194 e. The number of halogens is 4. The molecule has 0 N–H and O–H groups in total. The summed E-state index contributed by atoms with van der Waals surface area (Å²) in [6.45, 7) is 30.5. The Kier molecular flexibility index (Phi) is 25.5. The molecule has 1 rings (SSSR count). The molecule has 4 heteroatoms. The normalized spacial score (nSPS) is 17.1. The Morgan fingerprint density at radius 3 is 1.44 bits per heavy atom. The van der Waals surface area contributed by atoms with Gasteiger partial charge in [-0.05, 0) is 43.9 Å². The Balaban J connectivity index is -0.000000314. The first-order chi connectivity index (χ1) is 15.8. The van der Waals surface area contributed by atoms with Gasteiger partial charge in [-0.25, -0.2) is 0 Å². The van der Waals surface area contributed by atoms with Gasteiger partial charge in [-0.3, -0.25) is 0 Å². The maximum atomic E-state index is 14.4. The molecule has 0 bridgehead atoms. The van der Waals surface area contributed by atoms with Gasteiger partial charge < -0.3 is 0 Å². The Bertz CT molecular complexity index is 639. The molecule has 1 aliphatic rings. The molecule has 0 aromatic heterocycles. The summed E-state index contributed by atoms with van der Waals surface area (Å²) in [5, 5.41) is 0. The number of unbranched alkanes of at least 4 members (excludes halogenated alkanes) is 2. The lowest BCUT2D eigenvalue weighted by molar-refractivity contribution is -0.160. The van der Waals surface area contributed by atoms with Crippen molar-refractivity contribution in [2.45, 2.75) is 133 Å². The fraction of sp³-hybridized carbons (Fsp3) is 0.667. The van der Waals surface area contributed by atoms with E-state index >= 15 is 0 Å². The summed E-state index contributed by atoms with van der Waals surface area (Å²) in [6.07, 6.45) is 8.38. The van der Waals surface area contributed by atoms with Crippen LogP contribution >= 0.6 is 0 Å². The lowest BCUT2D eigenvalue weighted by Gasteiger charge is -2.36. The summed E-state index contributed by atoms with van der Waals surface area (Å²) in [5.74, 6) is -8.57. The number of rotatable bonds is 6. The summed E-state index contributed by atoms with van der Waals surface area (Å²) < 4.78 is 57.6. The Labute approximate surface area is 210 Å². The van der Waals surface area contributed by atoms with Crippen molar-refractivity contribution in [3.63, 3.8) is 0 Å². The molecular formula is C30H54F4. The Morgan fingerprint density at radius 1 is 0.765 bits per heavy atom. The SMILES string of the molecule is C=C(/C=C1\C(=C)C(C)=C(/C=C(\C)CC)C(F)(F)C1(F)F)CC.CC.CC.CCCC.CCCC. The molecule has 0 aromatic carbocycles. The van der Waals surface area contributed by atoms with Gasteiger partial charge in [0.15, 0.2) is 0 Å². The zero-order chi connectivity index (χ0) is 28.1. The summed E-state index contributed by atoms with van der Waals surface area (Å²) in [4.78, 5) is 0. The second kappa shape index (κ2) is 21.9. The van der Waals surface area contributed by atoms with Crippen LogP contribution in [0.25, 0.3) is 0 Å². The molecule has 0 unspecified atom stereocenters. The van der Waals surface area contributed by atoms with Crippen LogP contribution < -0.4 is 0 Å². The highest BCUT2D eigenvalue weighted by Crippen LogP contribution is 2.53.